The number of benzene rings is 2. The minimum absolute atomic E-state index is 0.549. The summed E-state index contributed by atoms with van der Waals surface area (Å²) in [5.74, 6) is 0.992. The van der Waals surface area contributed by atoms with Crippen LogP contribution in [-0.4, -0.2) is 9.55 Å². The summed E-state index contributed by atoms with van der Waals surface area (Å²) in [5.41, 5.74) is 6.34. The summed E-state index contributed by atoms with van der Waals surface area (Å²) in [6.07, 6.45) is 0. The van der Waals surface area contributed by atoms with Gasteiger partial charge in [-0.15, -0.1) is 0 Å². The molecule has 0 bridgehead atoms. The lowest BCUT2D eigenvalue weighted by atomic mass is 10.2. The number of fused-ring (bicyclic) bond motifs is 1. The molecule has 0 spiro atoms. The van der Waals surface area contributed by atoms with E-state index in [0.717, 1.165) is 23.4 Å². The molecule has 0 saturated carbocycles. The predicted molar refractivity (Wildman–Crippen MR) is 83.5 cm³/mol. The van der Waals surface area contributed by atoms with E-state index in [1.807, 2.05) is 48.5 Å². The van der Waals surface area contributed by atoms with Crippen LogP contribution >= 0.6 is 0 Å². The first-order chi connectivity index (χ1) is 10.4. The molecule has 2 aromatic carbocycles. The van der Waals surface area contributed by atoms with Crippen LogP contribution in [0.25, 0.3) is 11.0 Å². The number of nitrogens with one attached hydrogen (secondary N) is 1. The second-order valence-electron chi connectivity index (χ2n) is 4.86. The molecular formula is C17H19N3O. The molecule has 108 valence electrons. The molecule has 1 aromatic heterocycles. The van der Waals surface area contributed by atoms with Crippen LogP contribution < -0.4 is 5.48 Å². The van der Waals surface area contributed by atoms with Crippen LogP contribution in [0.2, 0.25) is 0 Å². The standard InChI is InChI=1S/C17H19N3O/c1-2-20-16-11-7-6-10-15(16)19-17(20)12-18-21-13-14-8-4-3-5-9-14/h3-11,18H,2,12-13H2,1H3. The Bertz CT molecular complexity index is 706. The molecule has 0 radical (unpaired) electrons. The van der Waals surface area contributed by atoms with E-state index < -0.39 is 0 Å². The number of aromatic nitrogens is 2. The van der Waals surface area contributed by atoms with Gasteiger partial charge in [-0.1, -0.05) is 42.5 Å². The summed E-state index contributed by atoms with van der Waals surface area (Å²) in [6.45, 7) is 4.17. The number of para-hydroxylation sites is 2. The maximum atomic E-state index is 5.52. The van der Waals surface area contributed by atoms with Crippen molar-refractivity contribution >= 4 is 11.0 Å². The number of hydrogen-bond donors (Lipinski definition) is 1. The Hall–Kier alpha value is -2.17. The van der Waals surface area contributed by atoms with Crippen molar-refractivity contribution in [1.82, 2.24) is 15.0 Å². The van der Waals surface area contributed by atoms with Gasteiger partial charge in [0.25, 0.3) is 0 Å². The highest BCUT2D eigenvalue weighted by atomic mass is 16.6. The smallest absolute Gasteiger partial charge is 0.126 e. The molecule has 0 aliphatic rings. The van der Waals surface area contributed by atoms with Gasteiger partial charge in [-0.2, -0.15) is 5.48 Å². The molecular weight excluding hydrogens is 262 g/mol. The first kappa shape index (κ1) is 13.8. The minimum atomic E-state index is 0.549. The van der Waals surface area contributed by atoms with Gasteiger partial charge in [0.05, 0.1) is 24.2 Å². The number of rotatable bonds is 6. The molecule has 0 saturated heterocycles. The van der Waals surface area contributed by atoms with Crippen molar-refractivity contribution in [3.8, 4) is 0 Å². The Morgan fingerprint density at radius 3 is 2.62 bits per heavy atom. The zero-order chi connectivity index (χ0) is 14.5. The Morgan fingerprint density at radius 2 is 1.81 bits per heavy atom. The van der Waals surface area contributed by atoms with Gasteiger partial charge in [-0.25, -0.2) is 4.98 Å². The fraction of sp³-hybridized carbons (Fsp3) is 0.235. The van der Waals surface area contributed by atoms with E-state index in [4.69, 9.17) is 4.84 Å². The summed E-state index contributed by atoms with van der Waals surface area (Å²) in [6, 6.07) is 18.3. The number of hydrogen-bond acceptors (Lipinski definition) is 3. The Morgan fingerprint density at radius 1 is 1.05 bits per heavy atom. The highest BCUT2D eigenvalue weighted by molar-refractivity contribution is 5.75. The summed E-state index contributed by atoms with van der Waals surface area (Å²) in [7, 11) is 0. The number of hydroxylamine groups is 1. The van der Waals surface area contributed by atoms with Crippen molar-refractivity contribution in [3.05, 3.63) is 66.0 Å². The molecule has 0 atom stereocenters. The zero-order valence-electron chi connectivity index (χ0n) is 12.1. The lowest BCUT2D eigenvalue weighted by Crippen LogP contribution is -2.17. The molecule has 4 heteroatoms. The van der Waals surface area contributed by atoms with Crippen LogP contribution in [0, 0.1) is 0 Å². The van der Waals surface area contributed by atoms with Gasteiger partial charge < -0.3 is 4.57 Å². The minimum Gasteiger partial charge on any atom is -0.327 e. The van der Waals surface area contributed by atoms with Crippen LogP contribution in [-0.2, 0) is 24.5 Å². The second kappa shape index (κ2) is 6.52. The largest absolute Gasteiger partial charge is 0.327 e. The molecule has 1 N–H and O–H groups in total. The van der Waals surface area contributed by atoms with Crippen LogP contribution in [0.5, 0.6) is 0 Å². The number of imidazole rings is 1. The van der Waals surface area contributed by atoms with Crippen LogP contribution in [0.3, 0.4) is 0 Å². The van der Waals surface area contributed by atoms with E-state index in [-0.39, 0.29) is 0 Å². The van der Waals surface area contributed by atoms with E-state index in [0.29, 0.717) is 13.2 Å². The van der Waals surface area contributed by atoms with Crippen LogP contribution in [0.1, 0.15) is 18.3 Å². The Labute approximate surface area is 124 Å². The molecule has 0 amide bonds. The molecule has 21 heavy (non-hydrogen) atoms. The quantitative estimate of drug-likeness (QED) is 0.556. The van der Waals surface area contributed by atoms with Gasteiger partial charge in [-0.3, -0.25) is 4.84 Å². The Balaban J connectivity index is 1.63. The lowest BCUT2D eigenvalue weighted by molar-refractivity contribution is 0.0217. The predicted octanol–water partition coefficient (Wildman–Crippen LogP) is 3.28. The van der Waals surface area contributed by atoms with Crippen molar-refractivity contribution in [1.29, 1.82) is 0 Å². The van der Waals surface area contributed by atoms with Gasteiger partial charge in [0, 0.05) is 6.54 Å². The maximum Gasteiger partial charge on any atom is 0.126 e. The first-order valence-corrected chi connectivity index (χ1v) is 7.21. The van der Waals surface area contributed by atoms with Crippen molar-refractivity contribution < 1.29 is 4.84 Å². The van der Waals surface area contributed by atoms with Gasteiger partial charge >= 0.3 is 0 Å². The fourth-order valence-corrected chi connectivity index (χ4v) is 2.44. The average Bonchev–Trinajstić information content (AvgIpc) is 2.90. The summed E-state index contributed by atoms with van der Waals surface area (Å²) < 4.78 is 2.20. The van der Waals surface area contributed by atoms with E-state index in [1.165, 1.54) is 5.52 Å². The highest BCUT2D eigenvalue weighted by Crippen LogP contribution is 2.15. The first-order valence-electron chi connectivity index (χ1n) is 7.21. The summed E-state index contributed by atoms with van der Waals surface area (Å²) in [4.78, 5) is 10.2. The fourth-order valence-electron chi connectivity index (χ4n) is 2.44. The average molecular weight is 281 g/mol. The van der Waals surface area contributed by atoms with Gasteiger partial charge in [0.1, 0.15) is 5.82 Å². The van der Waals surface area contributed by atoms with Crippen molar-refractivity contribution in [2.75, 3.05) is 0 Å². The van der Waals surface area contributed by atoms with E-state index in [2.05, 4.69) is 28.0 Å². The summed E-state index contributed by atoms with van der Waals surface area (Å²) in [5, 5.41) is 0. The third-order valence-corrected chi connectivity index (χ3v) is 3.46. The molecule has 4 nitrogen and oxygen atoms in total. The molecule has 3 aromatic rings. The third kappa shape index (κ3) is 3.12. The summed E-state index contributed by atoms with van der Waals surface area (Å²) >= 11 is 0. The van der Waals surface area contributed by atoms with E-state index >= 15 is 0 Å². The lowest BCUT2D eigenvalue weighted by Gasteiger charge is -2.08. The second-order valence-corrected chi connectivity index (χ2v) is 4.86. The molecule has 0 aliphatic carbocycles. The zero-order valence-corrected chi connectivity index (χ0v) is 12.1. The van der Waals surface area contributed by atoms with Crippen molar-refractivity contribution in [2.45, 2.75) is 26.6 Å². The molecule has 1 heterocycles. The number of nitrogens with zero attached hydrogens (tertiary/aromatic N) is 2. The third-order valence-electron chi connectivity index (χ3n) is 3.46. The SMILES string of the molecule is CCn1c(CNOCc2ccccc2)nc2ccccc21. The monoisotopic (exact) mass is 281 g/mol. The normalized spacial score (nSPS) is 11.1. The topological polar surface area (TPSA) is 39.1 Å². The molecule has 0 unspecified atom stereocenters. The maximum absolute atomic E-state index is 5.52. The van der Waals surface area contributed by atoms with Crippen molar-refractivity contribution in [2.24, 2.45) is 0 Å². The van der Waals surface area contributed by atoms with Crippen molar-refractivity contribution in [3.63, 3.8) is 0 Å². The molecule has 0 fully saturated rings. The number of aryl methyl sites for hydroxylation is 1. The van der Waals surface area contributed by atoms with Crippen LogP contribution in [0.4, 0.5) is 0 Å². The van der Waals surface area contributed by atoms with E-state index in [9.17, 15) is 0 Å². The van der Waals surface area contributed by atoms with Crippen LogP contribution in [0.15, 0.2) is 54.6 Å². The van der Waals surface area contributed by atoms with Gasteiger partial charge in [0.2, 0.25) is 0 Å². The van der Waals surface area contributed by atoms with Gasteiger partial charge in [-0.05, 0) is 24.6 Å². The Kier molecular flexibility index (Phi) is 4.28. The van der Waals surface area contributed by atoms with E-state index in [1.54, 1.807) is 0 Å². The highest BCUT2D eigenvalue weighted by Gasteiger charge is 2.08. The van der Waals surface area contributed by atoms with Gasteiger partial charge in [0.15, 0.2) is 0 Å². The molecule has 0 aliphatic heterocycles. The molecule has 3 rings (SSSR count).